The van der Waals surface area contributed by atoms with Crippen molar-refractivity contribution in [3.05, 3.63) is 60.8 Å². The predicted molar refractivity (Wildman–Crippen MR) is 89.2 cm³/mol. The van der Waals surface area contributed by atoms with Gasteiger partial charge in [-0.15, -0.1) is 0 Å². The molecule has 0 radical (unpaired) electrons. The fraction of sp³-hybridized carbons (Fsp3) is 0.167. The molecule has 24 heavy (non-hydrogen) atoms. The summed E-state index contributed by atoms with van der Waals surface area (Å²) in [6.07, 6.45) is 1.07. The number of rotatable bonds is 7. The Morgan fingerprint density at radius 3 is 2.75 bits per heavy atom. The summed E-state index contributed by atoms with van der Waals surface area (Å²) in [5, 5.41) is 0. The summed E-state index contributed by atoms with van der Waals surface area (Å²) in [6, 6.07) is 12.5. The molecule has 2 aromatic rings. The number of allylic oxidation sites excluding steroid dienone is 1. The van der Waals surface area contributed by atoms with Crippen LogP contribution in [-0.4, -0.2) is 23.5 Å². The minimum Gasteiger partial charge on any atom is -0.409 e. The highest BCUT2D eigenvalue weighted by molar-refractivity contribution is 5.94. The van der Waals surface area contributed by atoms with Crippen LogP contribution in [0.3, 0.4) is 0 Å². The van der Waals surface area contributed by atoms with Crippen molar-refractivity contribution < 1.29 is 19.2 Å². The van der Waals surface area contributed by atoms with E-state index in [0.717, 1.165) is 11.3 Å². The number of pyridine rings is 1. The van der Waals surface area contributed by atoms with Gasteiger partial charge in [0.25, 0.3) is 0 Å². The number of ether oxygens (including phenoxy) is 1. The number of aromatic nitrogens is 1. The van der Waals surface area contributed by atoms with Crippen LogP contribution in [0.15, 0.2) is 60.8 Å². The maximum Gasteiger partial charge on any atom is 0.436 e. The normalized spacial score (nSPS) is 10.0. The van der Waals surface area contributed by atoms with Gasteiger partial charge in [-0.3, -0.25) is 14.6 Å². The van der Waals surface area contributed by atoms with E-state index in [2.05, 4.69) is 17.0 Å². The smallest absolute Gasteiger partial charge is 0.409 e. The summed E-state index contributed by atoms with van der Waals surface area (Å²) >= 11 is 0. The number of benzene rings is 1. The van der Waals surface area contributed by atoms with Crippen molar-refractivity contribution in [1.82, 2.24) is 10.5 Å². The van der Waals surface area contributed by atoms with Gasteiger partial charge in [0.15, 0.2) is 5.78 Å². The largest absolute Gasteiger partial charge is 0.436 e. The minimum absolute atomic E-state index is 0.0504. The maximum atomic E-state index is 11.7. The Hall–Kier alpha value is -2.99. The summed E-state index contributed by atoms with van der Waals surface area (Å²) in [6.45, 7) is 5.21. The van der Waals surface area contributed by atoms with Crippen LogP contribution in [0.4, 0.5) is 4.79 Å². The molecular formula is C18H18N2O4. The van der Waals surface area contributed by atoms with Crippen LogP contribution < -0.4 is 10.2 Å². The van der Waals surface area contributed by atoms with Crippen molar-refractivity contribution in [2.45, 2.75) is 13.3 Å². The molecule has 6 heteroatoms. The molecule has 1 heterocycles. The Bertz CT molecular complexity index is 729. The van der Waals surface area contributed by atoms with Crippen LogP contribution in [0.5, 0.6) is 5.75 Å². The molecule has 2 rings (SSSR count). The summed E-state index contributed by atoms with van der Waals surface area (Å²) < 4.78 is 5.13. The van der Waals surface area contributed by atoms with Crippen LogP contribution in [-0.2, 0) is 9.63 Å². The molecule has 0 spiro atoms. The topological polar surface area (TPSA) is 77.5 Å². The van der Waals surface area contributed by atoms with Gasteiger partial charge in [-0.25, -0.2) is 4.79 Å². The number of hydrogen-bond donors (Lipinski definition) is 1. The number of carbonyl (C=O) groups excluding carboxylic acids is 2. The first-order valence-electron chi connectivity index (χ1n) is 7.36. The molecule has 0 saturated carbocycles. The Morgan fingerprint density at radius 1 is 1.21 bits per heavy atom. The highest BCUT2D eigenvalue weighted by Crippen LogP contribution is 2.21. The van der Waals surface area contributed by atoms with Gasteiger partial charge < -0.3 is 4.74 Å². The van der Waals surface area contributed by atoms with Crippen LogP contribution >= 0.6 is 0 Å². The second-order valence-corrected chi connectivity index (χ2v) is 5.04. The Morgan fingerprint density at radius 2 is 2.04 bits per heavy atom. The van der Waals surface area contributed by atoms with E-state index in [9.17, 15) is 9.59 Å². The summed E-state index contributed by atoms with van der Waals surface area (Å²) in [7, 11) is 0. The lowest BCUT2D eigenvalue weighted by Crippen LogP contribution is -2.28. The van der Waals surface area contributed by atoms with Gasteiger partial charge in [0.05, 0.1) is 12.3 Å². The zero-order valence-corrected chi connectivity index (χ0v) is 13.3. The van der Waals surface area contributed by atoms with E-state index in [0.29, 0.717) is 11.3 Å². The van der Waals surface area contributed by atoms with Gasteiger partial charge in [-0.1, -0.05) is 24.8 Å². The molecular weight excluding hydrogens is 308 g/mol. The quantitative estimate of drug-likeness (QED) is 0.480. The molecule has 124 valence electrons. The van der Waals surface area contributed by atoms with Crippen LogP contribution in [0, 0.1) is 0 Å². The molecule has 1 aromatic carbocycles. The van der Waals surface area contributed by atoms with Crippen molar-refractivity contribution in [2.75, 3.05) is 6.61 Å². The zero-order chi connectivity index (χ0) is 17.4. The van der Waals surface area contributed by atoms with Gasteiger partial charge >= 0.3 is 6.09 Å². The number of hydrogen-bond acceptors (Lipinski definition) is 5. The molecule has 0 aliphatic rings. The molecule has 0 aliphatic heterocycles. The van der Waals surface area contributed by atoms with Crippen molar-refractivity contribution >= 4 is 11.9 Å². The van der Waals surface area contributed by atoms with Gasteiger partial charge in [-0.2, -0.15) is 5.48 Å². The number of carbonyl (C=O) groups is 2. The molecule has 0 bridgehead atoms. The minimum atomic E-state index is -0.768. The van der Waals surface area contributed by atoms with Crippen LogP contribution in [0.2, 0.25) is 0 Å². The number of Topliss-reactive ketones (excluding diaryl/α,β-unsaturated/α-hetero) is 1. The Balaban J connectivity index is 1.84. The van der Waals surface area contributed by atoms with Crippen molar-refractivity contribution in [2.24, 2.45) is 0 Å². The first-order chi connectivity index (χ1) is 11.6. The third-order valence-corrected chi connectivity index (χ3v) is 3.07. The molecule has 1 amide bonds. The number of nitrogens with zero attached hydrogens (tertiary/aromatic N) is 1. The predicted octanol–water partition coefficient (Wildman–Crippen LogP) is 3.30. The molecule has 0 saturated heterocycles. The van der Waals surface area contributed by atoms with E-state index < -0.39 is 6.09 Å². The third-order valence-electron chi connectivity index (χ3n) is 3.07. The van der Waals surface area contributed by atoms with E-state index >= 15 is 0 Å². The monoisotopic (exact) mass is 326 g/mol. The molecule has 1 aromatic heterocycles. The first kappa shape index (κ1) is 17.4. The van der Waals surface area contributed by atoms with Crippen LogP contribution in [0.25, 0.3) is 11.3 Å². The Labute approximate surface area is 140 Å². The zero-order valence-electron chi connectivity index (χ0n) is 13.3. The summed E-state index contributed by atoms with van der Waals surface area (Å²) in [5.41, 5.74) is 4.18. The van der Waals surface area contributed by atoms with E-state index in [1.165, 1.54) is 0 Å². The average molecular weight is 326 g/mol. The molecule has 0 fully saturated rings. The maximum absolute atomic E-state index is 11.7. The van der Waals surface area contributed by atoms with Crippen molar-refractivity contribution in [1.29, 1.82) is 0 Å². The van der Waals surface area contributed by atoms with E-state index in [1.54, 1.807) is 31.3 Å². The number of hydroxylamine groups is 1. The molecule has 0 aliphatic carbocycles. The first-order valence-corrected chi connectivity index (χ1v) is 7.36. The Kier molecular flexibility index (Phi) is 6.22. The molecule has 6 nitrogen and oxygen atoms in total. The highest BCUT2D eigenvalue weighted by Gasteiger charge is 2.07. The highest BCUT2D eigenvalue weighted by atomic mass is 16.7. The number of ketones is 1. The average Bonchev–Trinajstić information content (AvgIpc) is 2.59. The van der Waals surface area contributed by atoms with Gasteiger partial charge in [0.2, 0.25) is 0 Å². The summed E-state index contributed by atoms with van der Waals surface area (Å²) in [5.74, 6) is 0.241. The summed E-state index contributed by atoms with van der Waals surface area (Å²) in [4.78, 5) is 32.1. The number of amides is 1. The third kappa shape index (κ3) is 5.33. The van der Waals surface area contributed by atoms with Gasteiger partial charge in [0.1, 0.15) is 5.75 Å². The molecule has 0 unspecified atom stereocenters. The SMILES string of the molecule is C=C(C)C(=O)CCONC(=O)Oc1cccc(-c2ccccn2)c1. The lowest BCUT2D eigenvalue weighted by molar-refractivity contribution is -0.117. The van der Waals surface area contributed by atoms with Gasteiger partial charge in [0, 0.05) is 18.2 Å². The lowest BCUT2D eigenvalue weighted by atomic mass is 10.1. The lowest BCUT2D eigenvalue weighted by Gasteiger charge is -2.08. The van der Waals surface area contributed by atoms with E-state index in [1.807, 2.05) is 24.3 Å². The standard InChI is InChI=1S/C18H18N2O4/c1-13(2)17(21)9-11-23-20-18(22)24-15-7-5-6-14(12-15)16-8-3-4-10-19-16/h3-8,10,12H,1,9,11H2,2H3,(H,20,22). The number of nitrogens with one attached hydrogen (secondary N) is 1. The van der Waals surface area contributed by atoms with Gasteiger partial charge in [-0.05, 0) is 36.8 Å². The second-order valence-electron chi connectivity index (χ2n) is 5.04. The van der Waals surface area contributed by atoms with Crippen molar-refractivity contribution in [3.63, 3.8) is 0 Å². The van der Waals surface area contributed by atoms with Crippen molar-refractivity contribution in [3.8, 4) is 17.0 Å². The fourth-order valence-corrected chi connectivity index (χ4v) is 1.85. The molecule has 0 atom stereocenters. The van der Waals surface area contributed by atoms with E-state index in [4.69, 9.17) is 9.57 Å². The van der Waals surface area contributed by atoms with Crippen LogP contribution in [0.1, 0.15) is 13.3 Å². The second kappa shape index (κ2) is 8.59. The fourth-order valence-electron chi connectivity index (χ4n) is 1.85. The molecule has 1 N–H and O–H groups in total. The van der Waals surface area contributed by atoms with E-state index in [-0.39, 0.29) is 18.8 Å².